The van der Waals surface area contributed by atoms with E-state index < -0.39 is 82.8 Å². The van der Waals surface area contributed by atoms with E-state index >= 15 is 0 Å². The zero-order chi connectivity index (χ0) is 47.0. The van der Waals surface area contributed by atoms with Gasteiger partial charge in [0.25, 0.3) is 11.8 Å². The summed E-state index contributed by atoms with van der Waals surface area (Å²) in [5.41, 5.74) is 0. The Morgan fingerprint density at radius 2 is 1.00 bits per heavy atom. The second kappa shape index (κ2) is 33.8. The highest BCUT2D eigenvalue weighted by Gasteiger charge is 2.29. The van der Waals surface area contributed by atoms with E-state index in [0.29, 0.717) is 79.3 Å². The number of methoxy groups -OCH3 is 1. The van der Waals surface area contributed by atoms with Gasteiger partial charge in [-0.15, -0.1) is 0 Å². The van der Waals surface area contributed by atoms with Gasteiger partial charge in [0.1, 0.15) is 6.04 Å². The van der Waals surface area contributed by atoms with Crippen LogP contribution in [0.1, 0.15) is 38.5 Å². The van der Waals surface area contributed by atoms with Gasteiger partial charge >= 0.3 is 5.97 Å². The highest BCUT2D eigenvalue weighted by atomic mass is 19.2. The molecule has 1 aliphatic rings. The first-order valence-corrected chi connectivity index (χ1v) is 20.5. The second-order valence-electron chi connectivity index (χ2n) is 13.3. The number of rotatable bonds is 38. The van der Waals surface area contributed by atoms with Crippen LogP contribution in [0.25, 0.3) is 0 Å². The van der Waals surface area contributed by atoms with E-state index in [1.165, 1.54) is 0 Å². The Bertz CT molecular complexity index is 1600. The fourth-order valence-electron chi connectivity index (χ4n) is 5.18. The van der Waals surface area contributed by atoms with Crippen LogP contribution >= 0.6 is 0 Å². The van der Waals surface area contributed by atoms with Crippen molar-refractivity contribution in [3.8, 4) is 5.75 Å². The third kappa shape index (κ3) is 23.3. The van der Waals surface area contributed by atoms with Gasteiger partial charge in [-0.3, -0.25) is 33.7 Å². The Morgan fingerprint density at radius 1 is 0.547 bits per heavy atom. The zero-order valence-corrected chi connectivity index (χ0v) is 35.7. The normalized spacial score (nSPS) is 12.8. The summed E-state index contributed by atoms with van der Waals surface area (Å²) < 4.78 is 115. The van der Waals surface area contributed by atoms with Gasteiger partial charge in [0.05, 0.1) is 99.1 Å². The molecule has 5 amide bonds. The number of hydrogen-bond donors (Lipinski definition) is 3. The van der Waals surface area contributed by atoms with Crippen LogP contribution in [-0.2, 0) is 66.7 Å². The predicted octanol–water partition coefficient (Wildman–Crippen LogP) is 1.03. The van der Waals surface area contributed by atoms with Gasteiger partial charge in [0.15, 0.2) is 0 Å². The van der Waals surface area contributed by atoms with Gasteiger partial charge in [-0.1, -0.05) is 0 Å². The molecule has 64 heavy (non-hydrogen) atoms. The molecule has 1 atom stereocenters. The summed E-state index contributed by atoms with van der Waals surface area (Å²) in [6.45, 7) is 5.77. The molecule has 0 spiro atoms. The maximum Gasteiger partial charge on any atom is 0.311 e. The number of benzene rings is 1. The molecule has 0 aromatic heterocycles. The first-order valence-electron chi connectivity index (χ1n) is 20.5. The summed E-state index contributed by atoms with van der Waals surface area (Å²) in [6, 6.07) is -1.26. The third-order valence-corrected chi connectivity index (χ3v) is 8.47. The molecule has 1 aromatic carbocycles. The fourth-order valence-corrected chi connectivity index (χ4v) is 5.18. The van der Waals surface area contributed by atoms with E-state index in [1.54, 1.807) is 7.11 Å². The largest absolute Gasteiger partial charge is 0.420 e. The molecule has 0 saturated carbocycles. The fraction of sp³-hybridized carbons (Fsp3) is 0.650. The van der Waals surface area contributed by atoms with Crippen molar-refractivity contribution >= 4 is 35.5 Å². The lowest BCUT2D eigenvalue weighted by Crippen LogP contribution is -2.47. The Hall–Kier alpha value is -4.69. The smallest absolute Gasteiger partial charge is 0.311 e. The highest BCUT2D eigenvalue weighted by molar-refractivity contribution is 6.12. The Labute approximate surface area is 366 Å². The average Bonchev–Trinajstić information content (AvgIpc) is 3.60. The van der Waals surface area contributed by atoms with Crippen molar-refractivity contribution in [1.29, 1.82) is 0 Å². The van der Waals surface area contributed by atoms with Gasteiger partial charge in [-0.2, -0.15) is 8.78 Å². The van der Waals surface area contributed by atoms with E-state index in [-0.39, 0.29) is 71.6 Å². The van der Waals surface area contributed by atoms with Crippen LogP contribution in [0.3, 0.4) is 0 Å². The number of nitrogens with one attached hydrogen (secondary N) is 3. The predicted molar refractivity (Wildman–Crippen MR) is 211 cm³/mol. The summed E-state index contributed by atoms with van der Waals surface area (Å²) >= 11 is 0. The molecular formula is C40H57F5N4O15. The lowest BCUT2D eigenvalue weighted by atomic mass is 10.1. The van der Waals surface area contributed by atoms with E-state index in [1.807, 2.05) is 0 Å². The molecule has 1 aliphatic heterocycles. The van der Waals surface area contributed by atoms with Crippen molar-refractivity contribution < 1.29 is 93.4 Å². The third-order valence-electron chi connectivity index (χ3n) is 8.47. The van der Waals surface area contributed by atoms with Crippen molar-refractivity contribution in [3.05, 3.63) is 41.2 Å². The minimum Gasteiger partial charge on any atom is -0.420 e. The van der Waals surface area contributed by atoms with Crippen molar-refractivity contribution in [2.75, 3.05) is 126 Å². The average molecular weight is 929 g/mol. The van der Waals surface area contributed by atoms with Crippen molar-refractivity contribution in [1.82, 2.24) is 20.9 Å². The standard InChI is InChI=1S/C40H57F5N4O15/c1-56-14-15-58-18-19-60-22-23-62-26-27-63-25-24-61-21-20-59-17-16-57-13-11-46-29(50)7-6-28(48-30(51)4-3-12-49-31(52)8-9-32(49)53)40(55)47-10-2-5-33(54)64-39-37(44)35(42)34(41)36(43)38(39)45/h8-9,28H,2-7,10-27H2,1H3,(H,46,50)(H,47,55)(H,48,51)/t28-/m0/s1. The lowest BCUT2D eigenvalue weighted by molar-refractivity contribution is -0.137. The van der Waals surface area contributed by atoms with Gasteiger partial charge in [-0.05, 0) is 19.3 Å². The van der Waals surface area contributed by atoms with E-state index in [4.69, 9.17) is 37.9 Å². The Morgan fingerprint density at radius 3 is 1.48 bits per heavy atom. The maximum atomic E-state index is 13.9. The minimum atomic E-state index is -2.43. The van der Waals surface area contributed by atoms with E-state index in [2.05, 4.69) is 20.7 Å². The van der Waals surface area contributed by atoms with E-state index in [0.717, 1.165) is 17.1 Å². The number of hydrogen-bond acceptors (Lipinski definition) is 15. The quantitative estimate of drug-likeness (QED) is 0.0160. The lowest BCUT2D eigenvalue weighted by Gasteiger charge is -2.19. The maximum absolute atomic E-state index is 13.9. The van der Waals surface area contributed by atoms with Crippen LogP contribution in [0.15, 0.2) is 12.2 Å². The molecular weight excluding hydrogens is 871 g/mol. The summed E-state index contributed by atoms with van der Waals surface area (Å²) in [6.07, 6.45) is 0.822. The van der Waals surface area contributed by atoms with Crippen molar-refractivity contribution in [2.45, 2.75) is 44.6 Å². The van der Waals surface area contributed by atoms with Gasteiger partial charge < -0.3 is 58.6 Å². The number of ether oxygens (including phenoxy) is 9. The number of nitrogens with zero attached hydrogens (tertiary/aromatic N) is 1. The number of imide groups is 1. The Balaban J connectivity index is 1.60. The molecule has 0 fully saturated rings. The summed E-state index contributed by atoms with van der Waals surface area (Å²) in [5, 5.41) is 7.54. The number of carbonyl (C=O) groups is 6. The van der Waals surface area contributed by atoms with Crippen LogP contribution in [-0.4, -0.2) is 172 Å². The summed E-state index contributed by atoms with van der Waals surface area (Å²) in [4.78, 5) is 74.8. The molecule has 24 heteroatoms. The van der Waals surface area contributed by atoms with Crippen LogP contribution in [0.5, 0.6) is 5.75 Å². The molecule has 2 rings (SSSR count). The Kier molecular flexibility index (Phi) is 29.3. The molecule has 0 bridgehead atoms. The van der Waals surface area contributed by atoms with Gasteiger partial charge in [0.2, 0.25) is 52.6 Å². The zero-order valence-electron chi connectivity index (χ0n) is 35.7. The summed E-state index contributed by atoms with van der Waals surface area (Å²) in [5.74, 6) is -17.8. The monoisotopic (exact) mass is 928 g/mol. The number of amides is 5. The van der Waals surface area contributed by atoms with Crippen LogP contribution in [0.2, 0.25) is 0 Å². The topological polar surface area (TPSA) is 225 Å². The van der Waals surface area contributed by atoms with Gasteiger partial charge in [0, 0.05) is 58.2 Å². The minimum absolute atomic E-state index is 0.0547. The second-order valence-corrected chi connectivity index (χ2v) is 13.3. The number of carbonyl (C=O) groups excluding carboxylic acids is 6. The molecule has 1 aromatic rings. The molecule has 1 heterocycles. The highest BCUT2D eigenvalue weighted by Crippen LogP contribution is 2.29. The molecule has 19 nitrogen and oxygen atoms in total. The molecule has 0 radical (unpaired) electrons. The molecule has 0 saturated heterocycles. The molecule has 3 N–H and O–H groups in total. The summed E-state index contributed by atoms with van der Waals surface area (Å²) in [7, 11) is 1.61. The molecule has 362 valence electrons. The molecule has 0 aliphatic carbocycles. The first-order chi connectivity index (χ1) is 30.9. The first kappa shape index (κ1) is 55.4. The van der Waals surface area contributed by atoms with Crippen LogP contribution < -0.4 is 20.7 Å². The number of halogens is 5. The molecule has 0 unspecified atom stereocenters. The van der Waals surface area contributed by atoms with E-state index in [9.17, 15) is 50.7 Å². The SMILES string of the molecule is COCCOCCOCCOCCOCCOCCOCCOCCNC(=O)CC[C@H](NC(=O)CCCN1C(=O)C=CC1=O)C(=O)NCCCC(=O)Oc1c(F)c(F)c(F)c(F)c1F. The number of esters is 1. The van der Waals surface area contributed by atoms with Gasteiger partial charge in [-0.25, -0.2) is 13.2 Å². The van der Waals surface area contributed by atoms with Crippen molar-refractivity contribution in [2.24, 2.45) is 0 Å². The van der Waals surface area contributed by atoms with Crippen LogP contribution in [0, 0.1) is 29.1 Å². The van der Waals surface area contributed by atoms with Crippen molar-refractivity contribution in [3.63, 3.8) is 0 Å². The van der Waals surface area contributed by atoms with Crippen LogP contribution in [0.4, 0.5) is 22.0 Å².